The number of nitrogens with zero attached hydrogens (tertiary/aromatic N) is 1. The summed E-state index contributed by atoms with van der Waals surface area (Å²) in [7, 11) is 0. The first kappa shape index (κ1) is 13.3. The molecule has 1 aromatic carbocycles. The minimum absolute atomic E-state index is 0.621. The van der Waals surface area contributed by atoms with Crippen LogP contribution in [0.15, 0.2) is 30.3 Å². The second kappa shape index (κ2) is 6.74. The van der Waals surface area contributed by atoms with E-state index in [1.807, 2.05) is 32.0 Å². The second-order valence-electron chi connectivity index (χ2n) is 3.58. The zero-order valence-corrected chi connectivity index (χ0v) is 10.8. The van der Waals surface area contributed by atoms with Gasteiger partial charge in [-0.05, 0) is 12.0 Å². The Morgan fingerprint density at radius 3 is 2.41 bits per heavy atom. The number of hydrogen-bond acceptors (Lipinski definition) is 2. The summed E-state index contributed by atoms with van der Waals surface area (Å²) < 4.78 is 0. The average molecular weight is 231 g/mol. The Morgan fingerprint density at radius 1 is 1.18 bits per heavy atom. The minimum Gasteiger partial charge on any atom is -0.382 e. The molecule has 0 bridgehead atoms. The highest BCUT2D eigenvalue weighted by molar-refractivity contribution is 5.67. The van der Waals surface area contributed by atoms with E-state index in [2.05, 4.69) is 29.3 Å². The van der Waals surface area contributed by atoms with Crippen LogP contribution < -0.4 is 5.73 Å². The molecule has 1 heterocycles. The van der Waals surface area contributed by atoms with Crippen molar-refractivity contribution in [2.24, 2.45) is 0 Å². The van der Waals surface area contributed by atoms with Crippen LogP contribution in [-0.4, -0.2) is 10.2 Å². The molecule has 0 saturated heterocycles. The van der Waals surface area contributed by atoms with Gasteiger partial charge in [0.05, 0.1) is 5.69 Å². The van der Waals surface area contributed by atoms with Gasteiger partial charge in [-0.1, -0.05) is 57.5 Å². The van der Waals surface area contributed by atoms with Crippen molar-refractivity contribution >= 4 is 5.82 Å². The Kier molecular flexibility index (Phi) is 5.27. The summed E-state index contributed by atoms with van der Waals surface area (Å²) in [6, 6.07) is 10.2. The Bertz CT molecular complexity index is 432. The Balaban J connectivity index is 0.000000686. The first-order chi connectivity index (χ1) is 8.33. The highest BCUT2D eigenvalue weighted by Gasteiger charge is 2.10. The van der Waals surface area contributed by atoms with Gasteiger partial charge < -0.3 is 5.73 Å². The van der Waals surface area contributed by atoms with E-state index >= 15 is 0 Å². The fourth-order valence-corrected chi connectivity index (χ4v) is 1.73. The number of nitrogens with two attached hydrogens (primary N) is 1. The van der Waals surface area contributed by atoms with Crippen LogP contribution >= 0.6 is 0 Å². The van der Waals surface area contributed by atoms with Crippen molar-refractivity contribution in [3.05, 3.63) is 35.9 Å². The molecule has 3 nitrogen and oxygen atoms in total. The number of aromatic nitrogens is 2. The molecule has 3 heteroatoms. The van der Waals surface area contributed by atoms with Crippen LogP contribution in [0.25, 0.3) is 11.3 Å². The maximum atomic E-state index is 5.82. The van der Waals surface area contributed by atoms with E-state index in [0.717, 1.165) is 29.7 Å². The van der Waals surface area contributed by atoms with E-state index < -0.39 is 0 Å². The minimum atomic E-state index is 0.621. The third-order valence-electron chi connectivity index (χ3n) is 2.46. The lowest BCUT2D eigenvalue weighted by atomic mass is 10.0. The lowest BCUT2D eigenvalue weighted by Gasteiger charge is -2.02. The van der Waals surface area contributed by atoms with Crippen molar-refractivity contribution in [3.8, 4) is 11.3 Å². The zero-order valence-electron chi connectivity index (χ0n) is 10.8. The molecule has 2 aromatic rings. The van der Waals surface area contributed by atoms with Crippen LogP contribution in [-0.2, 0) is 6.42 Å². The maximum absolute atomic E-state index is 5.82. The van der Waals surface area contributed by atoms with E-state index in [1.54, 1.807) is 0 Å². The summed E-state index contributed by atoms with van der Waals surface area (Å²) in [5, 5.41) is 7.06. The van der Waals surface area contributed by atoms with Gasteiger partial charge in [0, 0.05) is 5.56 Å². The van der Waals surface area contributed by atoms with Crippen molar-refractivity contribution < 1.29 is 0 Å². The van der Waals surface area contributed by atoms with Gasteiger partial charge in [-0.2, -0.15) is 5.10 Å². The molecule has 3 N–H and O–H groups in total. The van der Waals surface area contributed by atoms with Gasteiger partial charge in [-0.15, -0.1) is 0 Å². The SMILES string of the molecule is CC.CCCc1c(N)n[nH]c1-c1ccccc1. The van der Waals surface area contributed by atoms with E-state index in [-0.39, 0.29) is 0 Å². The van der Waals surface area contributed by atoms with E-state index in [1.165, 1.54) is 0 Å². The summed E-state index contributed by atoms with van der Waals surface area (Å²) in [5.74, 6) is 0.621. The predicted molar refractivity (Wildman–Crippen MR) is 73.8 cm³/mol. The molecule has 0 unspecified atom stereocenters. The standard InChI is InChI=1S/C12H15N3.C2H6/c1-2-6-10-11(14-15-12(10)13)9-7-4-3-5-8-9;1-2/h3-5,7-8H,2,6H2,1H3,(H3,13,14,15);1-2H3. The van der Waals surface area contributed by atoms with Gasteiger partial charge >= 0.3 is 0 Å². The van der Waals surface area contributed by atoms with E-state index in [0.29, 0.717) is 5.82 Å². The number of aromatic amines is 1. The molecular weight excluding hydrogens is 210 g/mol. The smallest absolute Gasteiger partial charge is 0.149 e. The lowest BCUT2D eigenvalue weighted by Crippen LogP contribution is -1.92. The van der Waals surface area contributed by atoms with Crippen molar-refractivity contribution in [2.45, 2.75) is 33.6 Å². The number of anilines is 1. The van der Waals surface area contributed by atoms with Crippen LogP contribution in [0.2, 0.25) is 0 Å². The third kappa shape index (κ3) is 3.09. The molecule has 0 amide bonds. The normalized spacial score (nSPS) is 9.59. The summed E-state index contributed by atoms with van der Waals surface area (Å²) >= 11 is 0. The number of H-pyrrole nitrogens is 1. The van der Waals surface area contributed by atoms with Gasteiger partial charge in [0.15, 0.2) is 0 Å². The largest absolute Gasteiger partial charge is 0.382 e. The highest BCUT2D eigenvalue weighted by Crippen LogP contribution is 2.25. The Morgan fingerprint density at radius 2 is 1.82 bits per heavy atom. The van der Waals surface area contributed by atoms with Crippen molar-refractivity contribution in [3.63, 3.8) is 0 Å². The van der Waals surface area contributed by atoms with Crippen molar-refractivity contribution in [1.82, 2.24) is 10.2 Å². The molecule has 2 rings (SSSR count). The maximum Gasteiger partial charge on any atom is 0.149 e. The zero-order chi connectivity index (χ0) is 12.7. The Hall–Kier alpha value is -1.77. The van der Waals surface area contributed by atoms with Gasteiger partial charge in [0.2, 0.25) is 0 Å². The number of nitrogen functional groups attached to an aromatic ring is 1. The molecule has 0 saturated carbocycles. The van der Waals surface area contributed by atoms with Crippen LogP contribution in [0.1, 0.15) is 32.8 Å². The predicted octanol–water partition coefficient (Wildman–Crippen LogP) is 3.64. The van der Waals surface area contributed by atoms with E-state index in [9.17, 15) is 0 Å². The van der Waals surface area contributed by atoms with Crippen LogP contribution in [0.3, 0.4) is 0 Å². The topological polar surface area (TPSA) is 54.7 Å². The number of benzene rings is 1. The molecule has 0 fully saturated rings. The molecule has 0 aliphatic carbocycles. The molecule has 1 aromatic heterocycles. The summed E-state index contributed by atoms with van der Waals surface area (Å²) in [6.45, 7) is 6.14. The molecule has 0 spiro atoms. The van der Waals surface area contributed by atoms with Gasteiger partial charge in [0.25, 0.3) is 0 Å². The molecule has 17 heavy (non-hydrogen) atoms. The second-order valence-corrected chi connectivity index (χ2v) is 3.58. The quantitative estimate of drug-likeness (QED) is 0.847. The number of hydrogen-bond donors (Lipinski definition) is 2. The third-order valence-corrected chi connectivity index (χ3v) is 2.46. The highest BCUT2D eigenvalue weighted by atomic mass is 15.2. The van der Waals surface area contributed by atoms with Crippen LogP contribution in [0.5, 0.6) is 0 Å². The van der Waals surface area contributed by atoms with E-state index in [4.69, 9.17) is 5.73 Å². The van der Waals surface area contributed by atoms with Crippen LogP contribution in [0.4, 0.5) is 5.82 Å². The van der Waals surface area contributed by atoms with Crippen molar-refractivity contribution in [1.29, 1.82) is 0 Å². The first-order valence-corrected chi connectivity index (χ1v) is 6.21. The summed E-state index contributed by atoms with van der Waals surface area (Å²) in [4.78, 5) is 0. The van der Waals surface area contributed by atoms with Gasteiger partial charge in [-0.25, -0.2) is 0 Å². The molecular formula is C14H21N3. The molecule has 0 atom stereocenters. The molecule has 0 aliphatic rings. The van der Waals surface area contributed by atoms with Crippen LogP contribution in [0, 0.1) is 0 Å². The summed E-state index contributed by atoms with van der Waals surface area (Å²) in [6.07, 6.45) is 2.04. The Labute approximate surface area is 103 Å². The molecule has 0 radical (unpaired) electrons. The lowest BCUT2D eigenvalue weighted by molar-refractivity contribution is 0.927. The monoisotopic (exact) mass is 231 g/mol. The summed E-state index contributed by atoms with van der Waals surface area (Å²) in [5.41, 5.74) is 9.15. The fourth-order valence-electron chi connectivity index (χ4n) is 1.73. The fraction of sp³-hybridized carbons (Fsp3) is 0.357. The number of nitrogens with one attached hydrogen (secondary N) is 1. The number of rotatable bonds is 3. The average Bonchev–Trinajstić information content (AvgIpc) is 2.75. The molecule has 0 aliphatic heterocycles. The van der Waals surface area contributed by atoms with Gasteiger partial charge in [0.1, 0.15) is 5.82 Å². The van der Waals surface area contributed by atoms with Gasteiger partial charge in [-0.3, -0.25) is 5.10 Å². The first-order valence-electron chi connectivity index (χ1n) is 6.21. The van der Waals surface area contributed by atoms with Crippen molar-refractivity contribution in [2.75, 3.05) is 5.73 Å². The molecule has 92 valence electrons.